The molecule has 25 heavy (non-hydrogen) atoms. The molecule has 0 bridgehead atoms. The standard InChI is InChI=1S/C20H26N4O/c1-14-4-3-11-22-19(14)16-5-2-6-18(12-16)24-17-9-7-15(8-10-17)13-23-20(21)25/h3-4,7-11,16,18,24H,2,5-6,12-13H2,1H3,(H3,21,23,25)/t16-,18+/m0/s1. The summed E-state index contributed by atoms with van der Waals surface area (Å²) in [5.74, 6) is 0.534. The molecule has 2 amide bonds. The number of carbonyl (C=O) groups excluding carboxylic acids is 1. The summed E-state index contributed by atoms with van der Waals surface area (Å²) in [5, 5.41) is 6.26. The summed E-state index contributed by atoms with van der Waals surface area (Å²) in [6.07, 6.45) is 6.64. The second-order valence-electron chi connectivity index (χ2n) is 6.83. The number of amides is 2. The molecular weight excluding hydrogens is 312 g/mol. The molecule has 2 atom stereocenters. The Morgan fingerprint density at radius 2 is 2.04 bits per heavy atom. The summed E-state index contributed by atoms with van der Waals surface area (Å²) in [4.78, 5) is 15.4. The van der Waals surface area contributed by atoms with E-state index in [1.807, 2.05) is 24.4 Å². The van der Waals surface area contributed by atoms with Crippen molar-refractivity contribution in [3.05, 3.63) is 59.4 Å². The first kappa shape index (κ1) is 17.3. The Balaban J connectivity index is 1.59. The van der Waals surface area contributed by atoms with Gasteiger partial charge in [-0.3, -0.25) is 4.98 Å². The highest BCUT2D eigenvalue weighted by atomic mass is 16.2. The van der Waals surface area contributed by atoms with Crippen molar-refractivity contribution < 1.29 is 4.79 Å². The monoisotopic (exact) mass is 338 g/mol. The molecule has 5 nitrogen and oxygen atoms in total. The zero-order chi connectivity index (χ0) is 17.6. The smallest absolute Gasteiger partial charge is 0.312 e. The lowest BCUT2D eigenvalue weighted by atomic mass is 9.82. The van der Waals surface area contributed by atoms with Gasteiger partial charge in [-0.1, -0.05) is 24.6 Å². The third-order valence-electron chi connectivity index (χ3n) is 4.90. The fourth-order valence-corrected chi connectivity index (χ4v) is 3.64. The number of nitrogens with two attached hydrogens (primary N) is 1. The van der Waals surface area contributed by atoms with Crippen molar-refractivity contribution in [2.75, 3.05) is 5.32 Å². The number of urea groups is 1. The Labute approximate surface area is 149 Å². The first-order valence-electron chi connectivity index (χ1n) is 8.92. The lowest BCUT2D eigenvalue weighted by molar-refractivity contribution is 0.248. The molecule has 3 rings (SSSR count). The van der Waals surface area contributed by atoms with E-state index in [1.54, 1.807) is 0 Å². The largest absolute Gasteiger partial charge is 0.382 e. The number of rotatable bonds is 5. The highest BCUT2D eigenvalue weighted by Crippen LogP contribution is 2.34. The van der Waals surface area contributed by atoms with Crippen molar-refractivity contribution in [2.24, 2.45) is 5.73 Å². The third-order valence-corrected chi connectivity index (χ3v) is 4.90. The molecule has 1 fully saturated rings. The topological polar surface area (TPSA) is 80.0 Å². The molecule has 1 heterocycles. The molecule has 1 aliphatic rings. The van der Waals surface area contributed by atoms with E-state index in [0.717, 1.165) is 17.7 Å². The number of anilines is 1. The third kappa shape index (κ3) is 4.72. The van der Waals surface area contributed by atoms with Crippen LogP contribution in [0.3, 0.4) is 0 Å². The van der Waals surface area contributed by atoms with E-state index in [4.69, 9.17) is 5.73 Å². The average Bonchev–Trinajstić information content (AvgIpc) is 2.62. The van der Waals surface area contributed by atoms with Crippen LogP contribution >= 0.6 is 0 Å². The predicted molar refractivity (Wildman–Crippen MR) is 100 cm³/mol. The molecule has 0 spiro atoms. The fraction of sp³-hybridized carbons (Fsp3) is 0.400. The maximum absolute atomic E-state index is 10.8. The molecule has 0 radical (unpaired) electrons. The van der Waals surface area contributed by atoms with Gasteiger partial charge in [-0.2, -0.15) is 0 Å². The summed E-state index contributed by atoms with van der Waals surface area (Å²) >= 11 is 0. The molecule has 0 saturated heterocycles. The minimum absolute atomic E-state index is 0.458. The molecule has 0 aliphatic heterocycles. The highest BCUT2D eigenvalue weighted by Gasteiger charge is 2.25. The number of hydrogen-bond acceptors (Lipinski definition) is 3. The van der Waals surface area contributed by atoms with Crippen LogP contribution in [-0.2, 0) is 6.54 Å². The Hall–Kier alpha value is -2.56. The summed E-state index contributed by atoms with van der Waals surface area (Å²) in [6, 6.07) is 12.3. The van der Waals surface area contributed by atoms with E-state index in [-0.39, 0.29) is 0 Å². The second-order valence-corrected chi connectivity index (χ2v) is 6.83. The zero-order valence-corrected chi connectivity index (χ0v) is 14.7. The van der Waals surface area contributed by atoms with Gasteiger partial charge in [-0.25, -0.2) is 4.79 Å². The van der Waals surface area contributed by atoms with Gasteiger partial charge in [0.25, 0.3) is 0 Å². The van der Waals surface area contributed by atoms with Crippen LogP contribution in [0, 0.1) is 6.92 Å². The minimum atomic E-state index is -0.500. The van der Waals surface area contributed by atoms with E-state index < -0.39 is 6.03 Å². The number of nitrogens with zero attached hydrogens (tertiary/aromatic N) is 1. The first-order chi connectivity index (χ1) is 12.1. The van der Waals surface area contributed by atoms with Crippen molar-refractivity contribution in [3.8, 4) is 0 Å². The van der Waals surface area contributed by atoms with Crippen molar-refractivity contribution >= 4 is 11.7 Å². The van der Waals surface area contributed by atoms with Crippen LogP contribution in [0.5, 0.6) is 0 Å². The van der Waals surface area contributed by atoms with Crippen LogP contribution in [-0.4, -0.2) is 17.1 Å². The van der Waals surface area contributed by atoms with E-state index in [2.05, 4.69) is 40.7 Å². The molecule has 4 N–H and O–H groups in total. The Bertz CT molecular complexity index is 714. The molecular formula is C20H26N4O. The number of nitrogens with one attached hydrogen (secondary N) is 2. The van der Waals surface area contributed by atoms with E-state index in [1.165, 1.54) is 30.5 Å². The maximum atomic E-state index is 10.8. The molecule has 5 heteroatoms. The van der Waals surface area contributed by atoms with Gasteiger partial charge >= 0.3 is 6.03 Å². The van der Waals surface area contributed by atoms with Crippen LogP contribution < -0.4 is 16.4 Å². The van der Waals surface area contributed by atoms with Crippen LogP contribution in [0.2, 0.25) is 0 Å². The molecule has 1 saturated carbocycles. The van der Waals surface area contributed by atoms with Crippen LogP contribution in [0.15, 0.2) is 42.6 Å². The summed E-state index contributed by atoms with van der Waals surface area (Å²) in [6.45, 7) is 2.61. The Kier molecular flexibility index (Phi) is 5.53. The van der Waals surface area contributed by atoms with E-state index in [0.29, 0.717) is 18.5 Å². The number of aryl methyl sites for hydroxylation is 1. The number of pyridine rings is 1. The predicted octanol–water partition coefficient (Wildman–Crippen LogP) is 3.70. The molecule has 1 aromatic heterocycles. The van der Waals surface area contributed by atoms with Crippen LogP contribution in [0.4, 0.5) is 10.5 Å². The summed E-state index contributed by atoms with van der Waals surface area (Å²) < 4.78 is 0. The van der Waals surface area contributed by atoms with E-state index >= 15 is 0 Å². The van der Waals surface area contributed by atoms with Gasteiger partial charge in [-0.15, -0.1) is 0 Å². The molecule has 2 aromatic rings. The normalized spacial score (nSPS) is 20.0. The van der Waals surface area contributed by atoms with Gasteiger partial charge in [0.15, 0.2) is 0 Å². The fourth-order valence-electron chi connectivity index (χ4n) is 3.64. The Morgan fingerprint density at radius 3 is 2.76 bits per heavy atom. The van der Waals surface area contributed by atoms with Crippen molar-refractivity contribution in [1.29, 1.82) is 0 Å². The van der Waals surface area contributed by atoms with Gasteiger partial charge < -0.3 is 16.4 Å². The van der Waals surface area contributed by atoms with Gasteiger partial charge in [-0.05, 0) is 55.5 Å². The van der Waals surface area contributed by atoms with Gasteiger partial charge in [0.05, 0.1) is 0 Å². The minimum Gasteiger partial charge on any atom is -0.382 e. The van der Waals surface area contributed by atoms with Crippen molar-refractivity contribution in [2.45, 2.75) is 51.1 Å². The number of benzene rings is 1. The second kappa shape index (κ2) is 8.01. The van der Waals surface area contributed by atoms with Crippen LogP contribution in [0.1, 0.15) is 48.4 Å². The quantitative estimate of drug-likeness (QED) is 0.778. The Morgan fingerprint density at radius 1 is 1.24 bits per heavy atom. The number of hydrogen-bond donors (Lipinski definition) is 3. The highest BCUT2D eigenvalue weighted by molar-refractivity contribution is 5.71. The molecule has 1 aliphatic carbocycles. The number of primary amides is 1. The van der Waals surface area contributed by atoms with Crippen LogP contribution in [0.25, 0.3) is 0 Å². The zero-order valence-electron chi connectivity index (χ0n) is 14.7. The maximum Gasteiger partial charge on any atom is 0.312 e. The lowest BCUT2D eigenvalue weighted by Gasteiger charge is -2.31. The van der Waals surface area contributed by atoms with Crippen molar-refractivity contribution in [3.63, 3.8) is 0 Å². The van der Waals surface area contributed by atoms with Gasteiger partial charge in [0.2, 0.25) is 0 Å². The average molecular weight is 338 g/mol. The molecule has 0 unspecified atom stereocenters. The van der Waals surface area contributed by atoms with E-state index in [9.17, 15) is 4.79 Å². The summed E-state index contributed by atoms with van der Waals surface area (Å²) in [7, 11) is 0. The molecule has 132 valence electrons. The SMILES string of the molecule is Cc1cccnc1[C@H]1CCC[C@@H](Nc2ccc(CNC(N)=O)cc2)C1. The van der Waals surface area contributed by atoms with Crippen molar-refractivity contribution in [1.82, 2.24) is 10.3 Å². The van der Waals surface area contributed by atoms with Gasteiger partial charge in [0.1, 0.15) is 0 Å². The number of carbonyl (C=O) groups is 1. The molecule has 1 aromatic carbocycles. The lowest BCUT2D eigenvalue weighted by Crippen LogP contribution is -2.28. The number of aromatic nitrogens is 1. The van der Waals surface area contributed by atoms with Gasteiger partial charge in [0, 0.05) is 36.1 Å². The first-order valence-corrected chi connectivity index (χ1v) is 8.92. The summed E-state index contributed by atoms with van der Waals surface area (Å²) in [5.41, 5.74) is 9.79.